The summed E-state index contributed by atoms with van der Waals surface area (Å²) < 4.78 is 23.2. The summed E-state index contributed by atoms with van der Waals surface area (Å²) in [4.78, 5) is 11.7. The molecule has 1 spiro atoms. The minimum Gasteiger partial charge on any atom is -0.493 e. The highest BCUT2D eigenvalue weighted by molar-refractivity contribution is 9.10. The van der Waals surface area contributed by atoms with Gasteiger partial charge in [0.05, 0.1) is 37.3 Å². The van der Waals surface area contributed by atoms with Crippen molar-refractivity contribution in [2.24, 2.45) is 5.29 Å². The summed E-state index contributed by atoms with van der Waals surface area (Å²) in [5.74, 6) is 0.755. The number of benzene rings is 1. The van der Waals surface area contributed by atoms with Gasteiger partial charge in [-0.2, -0.15) is 0 Å². The van der Waals surface area contributed by atoms with Gasteiger partial charge in [-0.1, -0.05) is 15.9 Å². The fourth-order valence-corrected chi connectivity index (χ4v) is 4.46. The molecule has 1 aliphatic carbocycles. The van der Waals surface area contributed by atoms with Crippen molar-refractivity contribution in [2.75, 3.05) is 40.6 Å². The number of ether oxygens (including phenoxy) is 4. The van der Waals surface area contributed by atoms with Crippen LogP contribution in [0.1, 0.15) is 42.9 Å². The fraction of sp³-hybridized carbons (Fsp3) is 0.684. The second kappa shape index (κ2) is 9.32. The summed E-state index contributed by atoms with van der Waals surface area (Å²) >= 11 is 3.66. The fourth-order valence-electron chi connectivity index (χ4n) is 3.80. The van der Waals surface area contributed by atoms with E-state index in [4.69, 9.17) is 18.9 Å². The van der Waals surface area contributed by atoms with Crippen molar-refractivity contribution in [1.29, 1.82) is 0 Å². The molecule has 1 heterocycles. The lowest BCUT2D eigenvalue weighted by Crippen LogP contribution is -2.59. The maximum atomic E-state index is 11.7. The maximum Gasteiger partial charge on any atom is 0.125 e. The molecule has 3 rings (SSSR count). The monoisotopic (exact) mass is 442 g/mol. The van der Waals surface area contributed by atoms with Gasteiger partial charge in [-0.15, -0.1) is 4.91 Å². The molecule has 1 aromatic carbocycles. The molecule has 27 heavy (non-hydrogen) atoms. The van der Waals surface area contributed by atoms with Crippen LogP contribution in [0.5, 0.6) is 5.75 Å². The molecule has 7 nitrogen and oxygen atoms in total. The summed E-state index contributed by atoms with van der Waals surface area (Å²) in [6.45, 7) is 2.63. The van der Waals surface area contributed by atoms with Crippen molar-refractivity contribution in [1.82, 2.24) is 5.01 Å². The van der Waals surface area contributed by atoms with E-state index in [1.807, 2.05) is 12.1 Å². The number of morpholine rings is 1. The van der Waals surface area contributed by atoms with E-state index in [0.29, 0.717) is 33.0 Å². The van der Waals surface area contributed by atoms with Crippen LogP contribution in [0.2, 0.25) is 0 Å². The Labute approximate surface area is 168 Å². The number of hydrogen-bond acceptors (Lipinski definition) is 6. The second-order valence-electron chi connectivity index (χ2n) is 7.14. The molecule has 150 valence electrons. The molecule has 1 aliphatic heterocycles. The standard InChI is InChI=1S/C19H27BrN2O5/c1-24-7-4-8-27-18-10-15(16(20)9-14(18)11-25-2)17-12-26-13-19(5-3-6-19)22(17)21-23/h9-10,17H,3-8,11-13H2,1-2H3. The van der Waals surface area contributed by atoms with Crippen molar-refractivity contribution >= 4 is 15.9 Å². The Morgan fingerprint density at radius 3 is 2.74 bits per heavy atom. The Hall–Kier alpha value is -1.22. The van der Waals surface area contributed by atoms with Crippen LogP contribution in [-0.4, -0.2) is 51.2 Å². The van der Waals surface area contributed by atoms with Gasteiger partial charge in [0.2, 0.25) is 0 Å². The van der Waals surface area contributed by atoms with E-state index >= 15 is 0 Å². The highest BCUT2D eigenvalue weighted by atomic mass is 79.9. The predicted octanol–water partition coefficient (Wildman–Crippen LogP) is 3.99. The van der Waals surface area contributed by atoms with E-state index in [1.54, 1.807) is 19.2 Å². The van der Waals surface area contributed by atoms with E-state index in [-0.39, 0.29) is 11.6 Å². The number of methoxy groups -OCH3 is 2. The first-order chi connectivity index (χ1) is 13.1. The lowest BCUT2D eigenvalue weighted by atomic mass is 9.75. The van der Waals surface area contributed by atoms with E-state index in [9.17, 15) is 4.91 Å². The molecule has 1 saturated carbocycles. The molecule has 1 saturated heterocycles. The zero-order valence-electron chi connectivity index (χ0n) is 15.9. The van der Waals surface area contributed by atoms with E-state index in [1.165, 1.54) is 0 Å². The van der Waals surface area contributed by atoms with Crippen LogP contribution >= 0.6 is 15.9 Å². The van der Waals surface area contributed by atoms with Crippen LogP contribution in [0.4, 0.5) is 0 Å². The Balaban J connectivity index is 1.87. The third kappa shape index (κ3) is 4.29. The van der Waals surface area contributed by atoms with Gasteiger partial charge in [0.15, 0.2) is 0 Å². The molecule has 8 heteroatoms. The number of hydrogen-bond donors (Lipinski definition) is 0. The Kier molecular flexibility index (Phi) is 7.08. The highest BCUT2D eigenvalue weighted by Crippen LogP contribution is 2.47. The molecular weight excluding hydrogens is 416 g/mol. The summed E-state index contributed by atoms with van der Waals surface area (Å²) in [6, 6.07) is 3.74. The van der Waals surface area contributed by atoms with E-state index in [0.717, 1.165) is 47.0 Å². The topological polar surface area (TPSA) is 69.6 Å². The number of nitroso groups, excluding NO2 is 1. The molecule has 1 unspecified atom stereocenters. The summed E-state index contributed by atoms with van der Waals surface area (Å²) in [5, 5.41) is 5.11. The molecule has 0 bridgehead atoms. The van der Waals surface area contributed by atoms with Crippen molar-refractivity contribution < 1.29 is 18.9 Å². The van der Waals surface area contributed by atoms with Gasteiger partial charge in [0, 0.05) is 37.3 Å². The average molecular weight is 443 g/mol. The molecule has 2 fully saturated rings. The lowest BCUT2D eigenvalue weighted by Gasteiger charge is -2.52. The largest absolute Gasteiger partial charge is 0.493 e. The third-order valence-corrected chi connectivity index (χ3v) is 6.08. The minimum atomic E-state index is -0.255. The van der Waals surface area contributed by atoms with E-state index in [2.05, 4.69) is 21.2 Å². The van der Waals surface area contributed by atoms with Gasteiger partial charge in [-0.05, 0) is 37.0 Å². The lowest BCUT2D eigenvalue weighted by molar-refractivity contribution is -0.141. The Morgan fingerprint density at radius 1 is 1.30 bits per heavy atom. The highest BCUT2D eigenvalue weighted by Gasteiger charge is 2.50. The summed E-state index contributed by atoms with van der Waals surface area (Å²) in [5.41, 5.74) is 1.64. The van der Waals surface area contributed by atoms with Crippen LogP contribution in [0.3, 0.4) is 0 Å². The first kappa shape index (κ1) is 20.5. The first-order valence-corrected chi connectivity index (χ1v) is 10.1. The Morgan fingerprint density at radius 2 is 2.11 bits per heavy atom. The zero-order valence-corrected chi connectivity index (χ0v) is 17.5. The van der Waals surface area contributed by atoms with Gasteiger partial charge < -0.3 is 18.9 Å². The first-order valence-electron chi connectivity index (χ1n) is 9.28. The third-order valence-electron chi connectivity index (χ3n) is 5.39. The maximum absolute atomic E-state index is 11.7. The van der Waals surface area contributed by atoms with Gasteiger partial charge in [-0.25, -0.2) is 5.01 Å². The van der Waals surface area contributed by atoms with Crippen LogP contribution in [-0.2, 0) is 20.8 Å². The van der Waals surface area contributed by atoms with Crippen LogP contribution in [0, 0.1) is 4.91 Å². The number of rotatable bonds is 9. The molecule has 0 radical (unpaired) electrons. The van der Waals surface area contributed by atoms with Gasteiger partial charge in [0.25, 0.3) is 0 Å². The van der Waals surface area contributed by atoms with Crippen molar-refractivity contribution in [3.8, 4) is 5.75 Å². The average Bonchev–Trinajstić information content (AvgIpc) is 2.65. The van der Waals surface area contributed by atoms with Crippen LogP contribution in [0.15, 0.2) is 21.9 Å². The molecule has 1 atom stereocenters. The predicted molar refractivity (Wildman–Crippen MR) is 105 cm³/mol. The van der Waals surface area contributed by atoms with Gasteiger partial charge in [-0.3, -0.25) is 0 Å². The quantitative estimate of drug-likeness (QED) is 0.425. The molecule has 2 aliphatic rings. The molecule has 0 aromatic heterocycles. The minimum absolute atomic E-state index is 0.233. The second-order valence-corrected chi connectivity index (χ2v) is 8.00. The molecule has 0 N–H and O–H groups in total. The number of halogens is 1. The molecule has 0 amide bonds. The SMILES string of the molecule is COCCCOc1cc(C2COCC3(CCC3)N2N=O)c(Br)cc1COC. The van der Waals surface area contributed by atoms with Crippen molar-refractivity contribution in [3.05, 3.63) is 32.6 Å². The normalized spacial score (nSPS) is 21.1. The van der Waals surface area contributed by atoms with Crippen LogP contribution < -0.4 is 4.74 Å². The van der Waals surface area contributed by atoms with Crippen molar-refractivity contribution in [3.63, 3.8) is 0 Å². The smallest absolute Gasteiger partial charge is 0.125 e. The van der Waals surface area contributed by atoms with Gasteiger partial charge >= 0.3 is 0 Å². The summed E-state index contributed by atoms with van der Waals surface area (Å²) in [7, 11) is 3.33. The van der Waals surface area contributed by atoms with Crippen molar-refractivity contribution in [2.45, 2.75) is 43.9 Å². The van der Waals surface area contributed by atoms with Gasteiger partial charge in [0.1, 0.15) is 11.8 Å². The summed E-state index contributed by atoms with van der Waals surface area (Å²) in [6.07, 6.45) is 3.78. The zero-order chi connectivity index (χ0) is 19.3. The van der Waals surface area contributed by atoms with E-state index < -0.39 is 0 Å². The van der Waals surface area contributed by atoms with Crippen LogP contribution in [0.25, 0.3) is 0 Å². The number of nitrogens with zero attached hydrogens (tertiary/aromatic N) is 2. The molecule has 1 aromatic rings. The Bertz CT molecular complexity index is 653. The molecular formula is C19H27BrN2O5.